The molecule has 0 aliphatic heterocycles. The fraction of sp³-hybridized carbons (Fsp3) is 0.0625. The summed E-state index contributed by atoms with van der Waals surface area (Å²) < 4.78 is 3.85. The normalized spacial score (nSPS) is 10.7. The lowest BCUT2D eigenvalue weighted by molar-refractivity contribution is 1.02. The van der Waals surface area contributed by atoms with Gasteiger partial charge in [-0.25, -0.2) is 0 Å². The number of aromatic amines is 1. The maximum Gasteiger partial charge on any atom is 0.182 e. The summed E-state index contributed by atoms with van der Waals surface area (Å²) in [6.45, 7) is 2.09. The fourth-order valence-electron chi connectivity index (χ4n) is 2.26. The van der Waals surface area contributed by atoms with Gasteiger partial charge in [0.1, 0.15) is 0 Å². The van der Waals surface area contributed by atoms with E-state index in [2.05, 4.69) is 56.7 Å². The van der Waals surface area contributed by atoms with Gasteiger partial charge in [0.25, 0.3) is 0 Å². The van der Waals surface area contributed by atoms with Gasteiger partial charge in [-0.1, -0.05) is 46.3 Å². The Morgan fingerprint density at radius 2 is 1.75 bits per heavy atom. The van der Waals surface area contributed by atoms with Crippen molar-refractivity contribution in [2.75, 3.05) is 0 Å². The van der Waals surface area contributed by atoms with E-state index in [1.807, 2.05) is 30.5 Å². The highest BCUT2D eigenvalue weighted by Crippen LogP contribution is 2.26. The molecule has 0 atom stereocenters. The monoisotopic (exact) mass is 344 g/mol. The molecule has 2 aromatic carbocycles. The Kier molecular flexibility index (Phi) is 3.59. The molecule has 0 radical (unpaired) electrons. The van der Waals surface area contributed by atoms with Gasteiger partial charge in [0, 0.05) is 16.2 Å². The van der Waals surface area contributed by atoms with Gasteiger partial charge in [0.2, 0.25) is 0 Å². The van der Waals surface area contributed by atoms with Gasteiger partial charge < -0.3 is 4.98 Å². The van der Waals surface area contributed by atoms with E-state index in [0.717, 1.165) is 21.4 Å². The zero-order valence-electron chi connectivity index (χ0n) is 10.9. The quantitative estimate of drug-likeness (QED) is 0.627. The zero-order valence-corrected chi connectivity index (χ0v) is 13.3. The Bertz CT molecular complexity index is 800. The van der Waals surface area contributed by atoms with Crippen LogP contribution in [-0.4, -0.2) is 9.55 Å². The van der Waals surface area contributed by atoms with E-state index in [9.17, 15) is 0 Å². The highest BCUT2D eigenvalue weighted by molar-refractivity contribution is 9.10. The van der Waals surface area contributed by atoms with E-state index < -0.39 is 0 Å². The van der Waals surface area contributed by atoms with Gasteiger partial charge >= 0.3 is 0 Å². The van der Waals surface area contributed by atoms with Crippen LogP contribution in [0.25, 0.3) is 16.9 Å². The van der Waals surface area contributed by atoms with Crippen LogP contribution in [0.2, 0.25) is 0 Å². The van der Waals surface area contributed by atoms with Crippen molar-refractivity contribution < 1.29 is 0 Å². The van der Waals surface area contributed by atoms with Crippen LogP contribution in [0.3, 0.4) is 0 Å². The van der Waals surface area contributed by atoms with Crippen molar-refractivity contribution in [3.63, 3.8) is 0 Å². The standard InChI is InChI=1S/C16H13BrN2S/c1-11-4-2-3-5-14(11)19-15(10-18-16(19)20)12-6-8-13(17)9-7-12/h2-10H,1H3,(H,18,20). The lowest BCUT2D eigenvalue weighted by atomic mass is 10.1. The third kappa shape index (κ3) is 2.37. The highest BCUT2D eigenvalue weighted by atomic mass is 79.9. The first-order valence-corrected chi connectivity index (χ1v) is 7.49. The van der Waals surface area contributed by atoms with Gasteiger partial charge in [-0.15, -0.1) is 0 Å². The summed E-state index contributed by atoms with van der Waals surface area (Å²) in [5.41, 5.74) is 4.50. The van der Waals surface area contributed by atoms with Crippen molar-refractivity contribution in [2.24, 2.45) is 0 Å². The minimum absolute atomic E-state index is 0.706. The summed E-state index contributed by atoms with van der Waals surface area (Å²) >= 11 is 8.90. The van der Waals surface area contributed by atoms with Gasteiger partial charge in [-0.05, 0) is 42.9 Å². The minimum Gasteiger partial charge on any atom is -0.336 e. The molecular formula is C16H13BrN2S. The van der Waals surface area contributed by atoms with Crippen LogP contribution in [0.1, 0.15) is 5.56 Å². The van der Waals surface area contributed by atoms with E-state index in [4.69, 9.17) is 12.2 Å². The van der Waals surface area contributed by atoms with Gasteiger partial charge in [-0.3, -0.25) is 4.57 Å². The summed E-state index contributed by atoms with van der Waals surface area (Å²) in [7, 11) is 0. The Balaban J connectivity index is 2.23. The van der Waals surface area contributed by atoms with Crippen LogP contribution < -0.4 is 0 Å². The Morgan fingerprint density at radius 1 is 1.05 bits per heavy atom. The average molecular weight is 345 g/mol. The summed E-state index contributed by atoms with van der Waals surface area (Å²) in [6, 6.07) is 16.5. The Hall–Kier alpha value is -1.65. The van der Waals surface area contributed by atoms with Crippen LogP contribution in [0, 0.1) is 11.7 Å². The molecule has 0 bridgehead atoms. The lowest BCUT2D eigenvalue weighted by Crippen LogP contribution is -1.99. The number of H-pyrrole nitrogens is 1. The third-order valence-corrected chi connectivity index (χ3v) is 4.10. The topological polar surface area (TPSA) is 20.7 Å². The average Bonchev–Trinajstić information content (AvgIpc) is 2.82. The third-order valence-electron chi connectivity index (χ3n) is 3.27. The smallest absolute Gasteiger partial charge is 0.182 e. The van der Waals surface area contributed by atoms with E-state index in [1.54, 1.807) is 0 Å². The minimum atomic E-state index is 0.706. The number of hydrogen-bond acceptors (Lipinski definition) is 1. The molecule has 100 valence electrons. The number of imidazole rings is 1. The molecule has 1 heterocycles. The van der Waals surface area contributed by atoms with Crippen LogP contribution in [0.5, 0.6) is 0 Å². The maximum absolute atomic E-state index is 5.44. The Morgan fingerprint density at radius 3 is 2.45 bits per heavy atom. The van der Waals surface area contributed by atoms with Crippen LogP contribution in [0.15, 0.2) is 59.2 Å². The second-order valence-electron chi connectivity index (χ2n) is 4.61. The summed E-state index contributed by atoms with van der Waals surface area (Å²) in [5.74, 6) is 0. The predicted octanol–water partition coefficient (Wildman–Crippen LogP) is 5.27. The number of hydrogen-bond donors (Lipinski definition) is 1. The number of nitrogens with zero attached hydrogens (tertiary/aromatic N) is 1. The van der Waals surface area contributed by atoms with Gasteiger partial charge in [-0.2, -0.15) is 0 Å². The number of halogens is 1. The van der Waals surface area contributed by atoms with Crippen LogP contribution in [-0.2, 0) is 0 Å². The number of aromatic nitrogens is 2. The second kappa shape index (κ2) is 5.38. The summed E-state index contributed by atoms with van der Waals surface area (Å²) in [6.07, 6.45) is 1.96. The number of para-hydroxylation sites is 1. The molecule has 1 aromatic heterocycles. The Labute approximate surface area is 131 Å². The van der Waals surface area contributed by atoms with E-state index in [0.29, 0.717) is 4.77 Å². The fourth-order valence-corrected chi connectivity index (χ4v) is 2.78. The first kappa shape index (κ1) is 13.3. The number of nitrogens with one attached hydrogen (secondary N) is 1. The molecule has 0 saturated heterocycles. The number of benzene rings is 2. The molecule has 0 fully saturated rings. The molecule has 0 aliphatic carbocycles. The maximum atomic E-state index is 5.44. The number of aryl methyl sites for hydroxylation is 1. The van der Waals surface area contributed by atoms with Crippen LogP contribution in [0.4, 0.5) is 0 Å². The summed E-state index contributed by atoms with van der Waals surface area (Å²) in [4.78, 5) is 3.14. The van der Waals surface area contributed by atoms with Crippen molar-refractivity contribution >= 4 is 28.1 Å². The molecule has 1 N–H and O–H groups in total. The SMILES string of the molecule is Cc1ccccc1-n1c(-c2ccc(Br)cc2)c[nH]c1=S. The highest BCUT2D eigenvalue weighted by Gasteiger charge is 2.10. The van der Waals surface area contributed by atoms with Gasteiger partial charge in [0.15, 0.2) is 4.77 Å². The van der Waals surface area contributed by atoms with Crippen molar-refractivity contribution in [1.29, 1.82) is 0 Å². The van der Waals surface area contributed by atoms with E-state index in [1.165, 1.54) is 5.56 Å². The van der Waals surface area contributed by atoms with Crippen LogP contribution >= 0.6 is 28.1 Å². The molecule has 4 heteroatoms. The molecular weight excluding hydrogens is 332 g/mol. The first-order valence-electron chi connectivity index (χ1n) is 6.29. The molecule has 0 spiro atoms. The summed E-state index contributed by atoms with van der Waals surface area (Å²) in [5, 5.41) is 0. The van der Waals surface area contributed by atoms with Crippen molar-refractivity contribution in [3.05, 3.63) is 69.5 Å². The van der Waals surface area contributed by atoms with Crippen molar-refractivity contribution in [1.82, 2.24) is 9.55 Å². The predicted molar refractivity (Wildman–Crippen MR) is 88.8 cm³/mol. The molecule has 0 saturated carbocycles. The van der Waals surface area contributed by atoms with E-state index >= 15 is 0 Å². The number of rotatable bonds is 2. The van der Waals surface area contributed by atoms with Gasteiger partial charge in [0.05, 0.1) is 11.4 Å². The zero-order chi connectivity index (χ0) is 14.1. The molecule has 3 aromatic rings. The van der Waals surface area contributed by atoms with Crippen molar-refractivity contribution in [2.45, 2.75) is 6.92 Å². The van der Waals surface area contributed by atoms with Crippen molar-refractivity contribution in [3.8, 4) is 16.9 Å². The van der Waals surface area contributed by atoms with E-state index in [-0.39, 0.29) is 0 Å². The first-order chi connectivity index (χ1) is 9.66. The second-order valence-corrected chi connectivity index (χ2v) is 5.91. The lowest BCUT2D eigenvalue weighted by Gasteiger charge is -2.11. The molecule has 3 rings (SSSR count). The molecule has 2 nitrogen and oxygen atoms in total. The largest absolute Gasteiger partial charge is 0.336 e. The molecule has 20 heavy (non-hydrogen) atoms. The molecule has 0 unspecified atom stereocenters. The molecule has 0 amide bonds. The molecule has 0 aliphatic rings.